The topological polar surface area (TPSA) is 92.9 Å². The Morgan fingerprint density at radius 3 is 2.69 bits per heavy atom. The first-order valence-corrected chi connectivity index (χ1v) is 9.25. The van der Waals surface area contributed by atoms with E-state index in [2.05, 4.69) is 0 Å². The van der Waals surface area contributed by atoms with Gasteiger partial charge in [-0.2, -0.15) is 0 Å². The molecule has 1 unspecified atom stereocenters. The standard InChI is InChI=1S/C19H28N2O5/c1-14(22)19-16(21(24)25)10-6-11-17(19)26-13-7-12-18(23)20(2)15-8-4-3-5-9-15/h6,10-11,14-15,22H,3-5,7-9,12-13H2,1-2H3. The van der Waals surface area contributed by atoms with Crippen molar-refractivity contribution in [1.82, 2.24) is 4.90 Å². The largest absolute Gasteiger partial charge is 0.493 e. The number of hydrogen-bond donors (Lipinski definition) is 1. The maximum Gasteiger partial charge on any atom is 0.278 e. The number of carbonyl (C=O) groups excluding carboxylic acids is 1. The van der Waals surface area contributed by atoms with Crippen molar-refractivity contribution in [2.24, 2.45) is 0 Å². The monoisotopic (exact) mass is 364 g/mol. The lowest BCUT2D eigenvalue weighted by Crippen LogP contribution is -2.38. The summed E-state index contributed by atoms with van der Waals surface area (Å²) < 4.78 is 5.63. The Balaban J connectivity index is 1.87. The Morgan fingerprint density at radius 1 is 1.38 bits per heavy atom. The Hall–Kier alpha value is -2.15. The molecule has 1 fully saturated rings. The number of nitro benzene ring substituents is 1. The van der Waals surface area contributed by atoms with Crippen molar-refractivity contribution in [3.05, 3.63) is 33.9 Å². The summed E-state index contributed by atoms with van der Waals surface area (Å²) in [6.07, 6.45) is 5.66. The van der Waals surface area contributed by atoms with Crippen LogP contribution in [0.3, 0.4) is 0 Å². The third-order valence-corrected chi connectivity index (χ3v) is 4.97. The lowest BCUT2D eigenvalue weighted by atomic mass is 9.94. The normalized spacial score (nSPS) is 16.1. The molecular weight excluding hydrogens is 336 g/mol. The summed E-state index contributed by atoms with van der Waals surface area (Å²) in [6, 6.07) is 4.82. The molecule has 1 aliphatic rings. The molecule has 1 atom stereocenters. The van der Waals surface area contributed by atoms with Crippen molar-refractivity contribution < 1.29 is 19.6 Å². The molecule has 1 N–H and O–H groups in total. The smallest absolute Gasteiger partial charge is 0.278 e. The van der Waals surface area contributed by atoms with E-state index >= 15 is 0 Å². The van der Waals surface area contributed by atoms with Crippen LogP contribution < -0.4 is 4.74 Å². The van der Waals surface area contributed by atoms with Crippen LogP contribution in [0.4, 0.5) is 5.69 Å². The average molecular weight is 364 g/mol. The van der Waals surface area contributed by atoms with E-state index in [0.717, 1.165) is 12.8 Å². The van der Waals surface area contributed by atoms with E-state index in [1.54, 1.807) is 6.07 Å². The molecule has 1 amide bonds. The molecule has 0 heterocycles. The van der Waals surface area contributed by atoms with Crippen molar-refractivity contribution in [2.45, 2.75) is 64.0 Å². The van der Waals surface area contributed by atoms with Gasteiger partial charge in [-0.1, -0.05) is 25.3 Å². The van der Waals surface area contributed by atoms with E-state index in [0.29, 0.717) is 24.6 Å². The van der Waals surface area contributed by atoms with Crippen LogP contribution in [0, 0.1) is 10.1 Å². The third kappa shape index (κ3) is 5.17. The molecule has 144 valence electrons. The lowest BCUT2D eigenvalue weighted by Gasteiger charge is -2.31. The molecule has 1 aliphatic carbocycles. The maximum absolute atomic E-state index is 12.3. The van der Waals surface area contributed by atoms with Gasteiger partial charge < -0.3 is 14.7 Å². The van der Waals surface area contributed by atoms with Gasteiger partial charge in [-0.3, -0.25) is 14.9 Å². The van der Waals surface area contributed by atoms with Crippen molar-refractivity contribution in [1.29, 1.82) is 0 Å². The fraction of sp³-hybridized carbons (Fsp3) is 0.632. The van der Waals surface area contributed by atoms with Crippen LogP contribution in [0.5, 0.6) is 5.75 Å². The number of amides is 1. The second kappa shape index (κ2) is 9.52. The SMILES string of the molecule is CC(O)c1c(OCCCC(=O)N(C)C2CCCCC2)cccc1[N+](=O)[O-]. The summed E-state index contributed by atoms with van der Waals surface area (Å²) in [5.41, 5.74) is 0.00811. The molecule has 1 saturated carbocycles. The number of ether oxygens (including phenoxy) is 1. The van der Waals surface area contributed by atoms with Gasteiger partial charge in [-0.05, 0) is 32.3 Å². The number of carbonyl (C=O) groups is 1. The van der Waals surface area contributed by atoms with Gasteiger partial charge in [0.25, 0.3) is 5.69 Å². The molecule has 2 rings (SSSR count). The van der Waals surface area contributed by atoms with E-state index in [1.165, 1.54) is 38.3 Å². The van der Waals surface area contributed by atoms with Crippen molar-refractivity contribution >= 4 is 11.6 Å². The summed E-state index contributed by atoms with van der Waals surface area (Å²) >= 11 is 0. The van der Waals surface area contributed by atoms with Crippen molar-refractivity contribution in [2.75, 3.05) is 13.7 Å². The van der Waals surface area contributed by atoms with Gasteiger partial charge in [0, 0.05) is 25.6 Å². The van der Waals surface area contributed by atoms with Crippen molar-refractivity contribution in [3.63, 3.8) is 0 Å². The van der Waals surface area contributed by atoms with Gasteiger partial charge >= 0.3 is 0 Å². The number of benzene rings is 1. The molecule has 1 aromatic rings. The zero-order valence-corrected chi connectivity index (χ0v) is 15.5. The number of nitro groups is 1. The number of aliphatic hydroxyl groups excluding tert-OH is 1. The van der Waals surface area contributed by atoms with Gasteiger partial charge in [0.15, 0.2) is 0 Å². The zero-order valence-electron chi connectivity index (χ0n) is 15.5. The Morgan fingerprint density at radius 2 is 2.08 bits per heavy atom. The predicted octanol–water partition coefficient (Wildman–Crippen LogP) is 3.60. The van der Waals surface area contributed by atoms with Crippen LogP contribution in [0.2, 0.25) is 0 Å². The summed E-state index contributed by atoms with van der Waals surface area (Å²) in [4.78, 5) is 24.7. The van der Waals surface area contributed by atoms with Gasteiger partial charge in [0.2, 0.25) is 5.91 Å². The van der Waals surface area contributed by atoms with Gasteiger partial charge in [-0.25, -0.2) is 0 Å². The Kier molecular flexibility index (Phi) is 7.38. The molecule has 0 spiro atoms. The minimum Gasteiger partial charge on any atom is -0.493 e. The van der Waals surface area contributed by atoms with E-state index in [1.807, 2.05) is 11.9 Å². The molecular formula is C19H28N2O5. The van der Waals surface area contributed by atoms with E-state index < -0.39 is 11.0 Å². The fourth-order valence-electron chi connectivity index (χ4n) is 3.49. The number of nitrogens with zero attached hydrogens (tertiary/aromatic N) is 2. The first kappa shape index (κ1) is 20.2. The van der Waals surface area contributed by atoms with Crippen molar-refractivity contribution in [3.8, 4) is 5.75 Å². The summed E-state index contributed by atoms with van der Waals surface area (Å²) in [5.74, 6) is 0.401. The first-order valence-electron chi connectivity index (χ1n) is 9.25. The highest BCUT2D eigenvalue weighted by molar-refractivity contribution is 5.76. The highest BCUT2D eigenvalue weighted by Gasteiger charge is 2.23. The van der Waals surface area contributed by atoms with Crippen LogP contribution in [-0.4, -0.2) is 40.5 Å². The predicted molar refractivity (Wildman–Crippen MR) is 98.1 cm³/mol. The van der Waals surface area contributed by atoms with Gasteiger partial charge in [-0.15, -0.1) is 0 Å². The zero-order chi connectivity index (χ0) is 19.1. The average Bonchev–Trinajstić information content (AvgIpc) is 2.64. The van der Waals surface area contributed by atoms with Crippen LogP contribution in [0.1, 0.15) is 63.5 Å². The molecule has 7 nitrogen and oxygen atoms in total. The molecule has 0 aromatic heterocycles. The molecule has 1 aromatic carbocycles. The summed E-state index contributed by atoms with van der Waals surface area (Å²) in [5, 5.41) is 21.0. The van der Waals surface area contributed by atoms with Crippen LogP contribution in [0.25, 0.3) is 0 Å². The summed E-state index contributed by atoms with van der Waals surface area (Å²) in [7, 11) is 1.87. The lowest BCUT2D eigenvalue weighted by molar-refractivity contribution is -0.386. The Bertz CT molecular complexity index is 626. The molecule has 7 heteroatoms. The molecule has 26 heavy (non-hydrogen) atoms. The second-order valence-corrected chi connectivity index (χ2v) is 6.87. The molecule has 0 bridgehead atoms. The molecule has 0 aliphatic heterocycles. The van der Waals surface area contributed by atoms with Crippen LogP contribution >= 0.6 is 0 Å². The highest BCUT2D eigenvalue weighted by Crippen LogP contribution is 2.33. The van der Waals surface area contributed by atoms with Crippen LogP contribution in [0.15, 0.2) is 18.2 Å². The maximum atomic E-state index is 12.3. The van der Waals surface area contributed by atoms with E-state index in [-0.39, 0.29) is 23.8 Å². The summed E-state index contributed by atoms with van der Waals surface area (Å²) in [6.45, 7) is 1.74. The molecule has 0 radical (unpaired) electrons. The third-order valence-electron chi connectivity index (χ3n) is 4.97. The van der Waals surface area contributed by atoms with Crippen LogP contribution in [-0.2, 0) is 4.79 Å². The second-order valence-electron chi connectivity index (χ2n) is 6.87. The number of rotatable bonds is 8. The van der Waals surface area contributed by atoms with Gasteiger partial charge in [0.1, 0.15) is 5.75 Å². The molecule has 0 saturated heterocycles. The number of hydrogen-bond acceptors (Lipinski definition) is 5. The Labute approximate surface area is 154 Å². The van der Waals surface area contributed by atoms with E-state index in [9.17, 15) is 20.0 Å². The highest BCUT2D eigenvalue weighted by atomic mass is 16.6. The number of aliphatic hydroxyl groups is 1. The minimum absolute atomic E-state index is 0.107. The fourth-order valence-corrected chi connectivity index (χ4v) is 3.49. The quantitative estimate of drug-likeness (QED) is 0.432. The van der Waals surface area contributed by atoms with Gasteiger partial charge in [0.05, 0.1) is 23.2 Å². The van der Waals surface area contributed by atoms with E-state index in [4.69, 9.17) is 4.74 Å². The first-order chi connectivity index (χ1) is 12.4. The minimum atomic E-state index is -1.01.